The van der Waals surface area contributed by atoms with Crippen LogP contribution < -0.4 is 5.32 Å². The molecule has 144 valence electrons. The Bertz CT molecular complexity index is 689. The van der Waals surface area contributed by atoms with E-state index in [2.05, 4.69) is 5.32 Å². The van der Waals surface area contributed by atoms with E-state index < -0.39 is 48.5 Å². The number of aryl methyl sites for hydroxylation is 1. The third kappa shape index (κ3) is 4.28. The molecule has 26 heavy (non-hydrogen) atoms. The van der Waals surface area contributed by atoms with Crippen molar-refractivity contribution in [1.82, 2.24) is 10.2 Å². The van der Waals surface area contributed by atoms with Gasteiger partial charge in [-0.15, -0.1) is 0 Å². The molecule has 2 N–H and O–H groups in total. The molecular formula is C18H23F3N2O3. The summed E-state index contributed by atoms with van der Waals surface area (Å²) in [6, 6.07) is 7.01. The first-order valence-electron chi connectivity index (χ1n) is 8.32. The van der Waals surface area contributed by atoms with Gasteiger partial charge >= 0.3 is 18.2 Å². The molecule has 1 saturated heterocycles. The number of nitrogens with zero attached hydrogens (tertiary/aromatic N) is 1. The second-order valence-electron chi connectivity index (χ2n) is 7.36. The number of carbonyl (C=O) groups excluding carboxylic acids is 1. The number of hydrogen-bond donors (Lipinski definition) is 2. The van der Waals surface area contributed by atoms with Gasteiger partial charge < -0.3 is 15.3 Å². The first-order valence-corrected chi connectivity index (χ1v) is 8.32. The number of carbonyl (C=O) groups is 2. The minimum Gasteiger partial charge on any atom is -0.481 e. The molecule has 0 radical (unpaired) electrons. The maximum Gasteiger partial charge on any atom is 0.394 e. The van der Waals surface area contributed by atoms with Gasteiger partial charge in [-0.2, -0.15) is 13.2 Å². The number of benzene rings is 1. The Morgan fingerprint density at radius 3 is 2.35 bits per heavy atom. The quantitative estimate of drug-likeness (QED) is 0.853. The average molecular weight is 372 g/mol. The Labute approximate surface area is 150 Å². The van der Waals surface area contributed by atoms with E-state index in [4.69, 9.17) is 5.11 Å². The lowest BCUT2D eigenvalue weighted by molar-refractivity contribution is -0.187. The number of likely N-dealkylation sites (tertiary alicyclic amines) is 1. The van der Waals surface area contributed by atoms with Crippen molar-refractivity contribution in [2.24, 2.45) is 11.8 Å². The molecule has 1 aromatic rings. The standard InChI is InChI=1S/C18H23F3N2O3/c1-11-6-4-5-7-13(11)17(2,3)10-22-16(26)23-8-12(15(24)25)14(9-23)18(19,20)21/h4-7,12,14H,8-10H2,1-3H3,(H,22,26)(H,24,25)/t12-,14-/m1/s1. The fourth-order valence-corrected chi connectivity index (χ4v) is 3.39. The first-order chi connectivity index (χ1) is 11.9. The number of halogens is 3. The van der Waals surface area contributed by atoms with Crippen LogP contribution in [0.3, 0.4) is 0 Å². The number of carboxylic acids is 1. The molecule has 1 aliphatic rings. The molecule has 2 amide bonds. The molecule has 1 aliphatic heterocycles. The molecule has 2 atom stereocenters. The number of amides is 2. The molecule has 0 aromatic heterocycles. The van der Waals surface area contributed by atoms with Gasteiger partial charge in [-0.05, 0) is 18.1 Å². The predicted octanol–water partition coefficient (Wildman–Crippen LogP) is 3.18. The number of urea groups is 1. The Kier molecular flexibility index (Phi) is 5.53. The summed E-state index contributed by atoms with van der Waals surface area (Å²) in [5.41, 5.74) is 1.66. The number of rotatable bonds is 4. The minimum atomic E-state index is -4.65. The van der Waals surface area contributed by atoms with E-state index in [-0.39, 0.29) is 6.54 Å². The smallest absolute Gasteiger partial charge is 0.394 e. The van der Waals surface area contributed by atoms with Crippen LogP contribution in [0.4, 0.5) is 18.0 Å². The zero-order chi connectivity index (χ0) is 19.7. The molecule has 1 heterocycles. The lowest BCUT2D eigenvalue weighted by atomic mass is 9.82. The largest absolute Gasteiger partial charge is 0.481 e. The number of aliphatic carboxylic acids is 1. The van der Waals surface area contributed by atoms with Crippen LogP contribution in [0.15, 0.2) is 24.3 Å². The van der Waals surface area contributed by atoms with E-state index in [1.807, 2.05) is 45.0 Å². The van der Waals surface area contributed by atoms with E-state index in [9.17, 15) is 22.8 Å². The number of hydrogen-bond acceptors (Lipinski definition) is 2. The summed E-state index contributed by atoms with van der Waals surface area (Å²) < 4.78 is 39.1. The molecule has 1 aromatic carbocycles. The van der Waals surface area contributed by atoms with Gasteiger partial charge in [0.05, 0.1) is 11.8 Å². The fraction of sp³-hybridized carbons (Fsp3) is 0.556. The molecule has 0 aliphatic carbocycles. The van der Waals surface area contributed by atoms with Crippen molar-refractivity contribution in [3.8, 4) is 0 Å². The SMILES string of the molecule is Cc1ccccc1C(C)(C)CNC(=O)N1C[C@@H](C(F)(F)F)[C@H](C(=O)O)C1. The first kappa shape index (κ1) is 20.1. The van der Waals surface area contributed by atoms with E-state index in [0.717, 1.165) is 16.0 Å². The van der Waals surface area contributed by atoms with Gasteiger partial charge in [-0.3, -0.25) is 4.79 Å². The minimum absolute atomic E-state index is 0.224. The molecule has 0 saturated carbocycles. The zero-order valence-corrected chi connectivity index (χ0v) is 14.9. The van der Waals surface area contributed by atoms with Gasteiger partial charge in [0.2, 0.25) is 0 Å². The summed E-state index contributed by atoms with van der Waals surface area (Å²) >= 11 is 0. The third-order valence-electron chi connectivity index (χ3n) is 4.90. The van der Waals surface area contributed by atoms with Crippen LogP contribution in [0.2, 0.25) is 0 Å². The highest BCUT2D eigenvalue weighted by Crippen LogP contribution is 2.37. The Morgan fingerprint density at radius 1 is 1.23 bits per heavy atom. The van der Waals surface area contributed by atoms with Crippen LogP contribution >= 0.6 is 0 Å². The maximum atomic E-state index is 13.0. The van der Waals surface area contributed by atoms with Crippen LogP contribution in [0.25, 0.3) is 0 Å². The van der Waals surface area contributed by atoms with Crippen LogP contribution in [-0.4, -0.2) is 47.8 Å². The van der Waals surface area contributed by atoms with Gasteiger partial charge in [0.15, 0.2) is 0 Å². The van der Waals surface area contributed by atoms with E-state index >= 15 is 0 Å². The van der Waals surface area contributed by atoms with Crippen molar-refractivity contribution in [1.29, 1.82) is 0 Å². The Hall–Kier alpha value is -2.25. The lowest BCUT2D eigenvalue weighted by Crippen LogP contribution is -2.44. The molecular weight excluding hydrogens is 349 g/mol. The molecule has 0 spiro atoms. The Balaban J connectivity index is 2.04. The molecule has 8 heteroatoms. The zero-order valence-electron chi connectivity index (χ0n) is 14.9. The second kappa shape index (κ2) is 7.17. The van der Waals surface area contributed by atoms with Gasteiger partial charge in [0, 0.05) is 25.0 Å². The van der Waals surface area contributed by atoms with Crippen molar-refractivity contribution in [3.05, 3.63) is 35.4 Å². The van der Waals surface area contributed by atoms with Crippen LogP contribution in [0, 0.1) is 18.8 Å². The van der Waals surface area contributed by atoms with Gasteiger partial charge in [0.25, 0.3) is 0 Å². The normalized spacial score (nSPS) is 20.9. The van der Waals surface area contributed by atoms with Crippen molar-refractivity contribution in [2.75, 3.05) is 19.6 Å². The molecule has 1 fully saturated rings. The van der Waals surface area contributed by atoms with E-state index in [1.165, 1.54) is 0 Å². The summed E-state index contributed by atoms with van der Waals surface area (Å²) in [5, 5.41) is 11.7. The monoisotopic (exact) mass is 372 g/mol. The topological polar surface area (TPSA) is 69.6 Å². The van der Waals surface area contributed by atoms with Gasteiger partial charge in [-0.1, -0.05) is 38.1 Å². The lowest BCUT2D eigenvalue weighted by Gasteiger charge is -2.28. The summed E-state index contributed by atoms with van der Waals surface area (Å²) in [7, 11) is 0. The van der Waals surface area contributed by atoms with Crippen LogP contribution in [0.5, 0.6) is 0 Å². The third-order valence-corrected chi connectivity index (χ3v) is 4.90. The predicted molar refractivity (Wildman–Crippen MR) is 89.8 cm³/mol. The fourth-order valence-electron chi connectivity index (χ4n) is 3.39. The highest BCUT2D eigenvalue weighted by Gasteiger charge is 2.53. The summed E-state index contributed by atoms with van der Waals surface area (Å²) in [6.45, 7) is 4.94. The van der Waals surface area contributed by atoms with E-state index in [1.54, 1.807) is 0 Å². The molecule has 5 nitrogen and oxygen atoms in total. The Morgan fingerprint density at radius 2 is 1.85 bits per heavy atom. The molecule has 2 rings (SSSR count). The van der Waals surface area contributed by atoms with Crippen molar-refractivity contribution < 1.29 is 27.9 Å². The number of nitrogens with one attached hydrogen (secondary N) is 1. The highest BCUT2D eigenvalue weighted by molar-refractivity contribution is 5.78. The van der Waals surface area contributed by atoms with Crippen LogP contribution in [-0.2, 0) is 10.2 Å². The number of carboxylic acid groups (broad SMARTS) is 1. The van der Waals surface area contributed by atoms with Crippen molar-refractivity contribution >= 4 is 12.0 Å². The van der Waals surface area contributed by atoms with E-state index in [0.29, 0.717) is 0 Å². The molecule has 0 unspecified atom stereocenters. The summed E-state index contributed by atoms with van der Waals surface area (Å²) in [5.74, 6) is -5.22. The highest BCUT2D eigenvalue weighted by atomic mass is 19.4. The van der Waals surface area contributed by atoms with Gasteiger partial charge in [0.1, 0.15) is 0 Å². The number of alkyl halides is 3. The summed E-state index contributed by atoms with van der Waals surface area (Å²) in [6.07, 6.45) is -4.65. The average Bonchev–Trinajstić information content (AvgIpc) is 2.99. The maximum absolute atomic E-state index is 13.0. The van der Waals surface area contributed by atoms with Gasteiger partial charge in [-0.25, -0.2) is 4.79 Å². The van der Waals surface area contributed by atoms with Crippen molar-refractivity contribution in [3.63, 3.8) is 0 Å². The van der Waals surface area contributed by atoms with Crippen LogP contribution in [0.1, 0.15) is 25.0 Å². The second-order valence-corrected chi connectivity index (χ2v) is 7.36. The summed E-state index contributed by atoms with van der Waals surface area (Å²) in [4.78, 5) is 24.3. The molecule has 0 bridgehead atoms. The van der Waals surface area contributed by atoms with Crippen molar-refractivity contribution in [2.45, 2.75) is 32.4 Å².